The first-order valence-corrected chi connectivity index (χ1v) is 6.73. The molecule has 0 aromatic heterocycles. The van der Waals surface area contributed by atoms with Crippen LogP contribution in [0, 0.1) is 0 Å². The molecule has 100 valence electrons. The highest BCUT2D eigenvalue weighted by atomic mass is 35.5. The summed E-state index contributed by atoms with van der Waals surface area (Å²) in [6.45, 7) is 2.54. The summed E-state index contributed by atoms with van der Waals surface area (Å²) in [6.07, 6.45) is 0.859. The maximum atomic E-state index is 5.85. The first-order chi connectivity index (χ1) is 9.13. The second kappa shape index (κ2) is 6.60. The largest absolute Gasteiger partial charge is 0.489 e. The number of benzene rings is 2. The Morgan fingerprint density at radius 2 is 1.84 bits per heavy atom. The second-order valence-electron chi connectivity index (χ2n) is 4.74. The molecule has 2 rings (SSSR count). The van der Waals surface area contributed by atoms with E-state index in [1.165, 1.54) is 5.56 Å². The van der Waals surface area contributed by atoms with E-state index in [4.69, 9.17) is 22.1 Å². The first kappa shape index (κ1) is 13.9. The van der Waals surface area contributed by atoms with Gasteiger partial charge in [0.2, 0.25) is 0 Å². The van der Waals surface area contributed by atoms with Crippen LogP contribution < -0.4 is 10.5 Å². The SMILES string of the molecule is CC(N)Cc1cccc(OCc2ccc(Cl)cc2)c1. The van der Waals surface area contributed by atoms with E-state index in [9.17, 15) is 0 Å². The molecule has 0 aliphatic rings. The van der Waals surface area contributed by atoms with Gasteiger partial charge in [-0.3, -0.25) is 0 Å². The van der Waals surface area contributed by atoms with E-state index in [1.807, 2.05) is 49.4 Å². The number of rotatable bonds is 5. The van der Waals surface area contributed by atoms with E-state index in [1.54, 1.807) is 0 Å². The maximum Gasteiger partial charge on any atom is 0.120 e. The van der Waals surface area contributed by atoms with E-state index in [0.29, 0.717) is 6.61 Å². The highest BCUT2D eigenvalue weighted by molar-refractivity contribution is 6.30. The lowest BCUT2D eigenvalue weighted by molar-refractivity contribution is 0.306. The zero-order valence-electron chi connectivity index (χ0n) is 11.0. The number of halogens is 1. The molecule has 19 heavy (non-hydrogen) atoms. The Labute approximate surface area is 119 Å². The van der Waals surface area contributed by atoms with Crippen molar-refractivity contribution in [2.45, 2.75) is 26.0 Å². The fourth-order valence-electron chi connectivity index (χ4n) is 1.88. The van der Waals surface area contributed by atoms with Gasteiger partial charge in [-0.25, -0.2) is 0 Å². The van der Waals surface area contributed by atoms with E-state index in [0.717, 1.165) is 22.8 Å². The maximum absolute atomic E-state index is 5.85. The molecule has 1 unspecified atom stereocenters. The zero-order chi connectivity index (χ0) is 13.7. The van der Waals surface area contributed by atoms with Crippen molar-refractivity contribution >= 4 is 11.6 Å². The van der Waals surface area contributed by atoms with Crippen molar-refractivity contribution in [3.63, 3.8) is 0 Å². The van der Waals surface area contributed by atoms with Gasteiger partial charge in [-0.05, 0) is 48.7 Å². The Hall–Kier alpha value is -1.51. The van der Waals surface area contributed by atoms with Gasteiger partial charge in [0.15, 0.2) is 0 Å². The summed E-state index contributed by atoms with van der Waals surface area (Å²) in [4.78, 5) is 0. The van der Waals surface area contributed by atoms with Crippen LogP contribution in [0.15, 0.2) is 48.5 Å². The highest BCUT2D eigenvalue weighted by Crippen LogP contribution is 2.17. The molecule has 2 aromatic rings. The van der Waals surface area contributed by atoms with Crippen molar-refractivity contribution < 1.29 is 4.74 Å². The van der Waals surface area contributed by atoms with Crippen molar-refractivity contribution in [3.8, 4) is 5.75 Å². The standard InChI is InChI=1S/C16H18ClNO/c1-12(18)9-14-3-2-4-16(10-14)19-11-13-5-7-15(17)8-6-13/h2-8,10,12H,9,11,18H2,1H3. The van der Waals surface area contributed by atoms with Gasteiger partial charge in [-0.2, -0.15) is 0 Å². The minimum absolute atomic E-state index is 0.159. The molecule has 0 aliphatic carbocycles. The van der Waals surface area contributed by atoms with Gasteiger partial charge in [0.05, 0.1) is 0 Å². The van der Waals surface area contributed by atoms with E-state index in [-0.39, 0.29) is 6.04 Å². The Bertz CT molecular complexity index is 523. The molecule has 0 heterocycles. The Morgan fingerprint density at radius 1 is 1.11 bits per heavy atom. The number of nitrogens with two attached hydrogens (primary N) is 1. The van der Waals surface area contributed by atoms with Gasteiger partial charge in [0, 0.05) is 11.1 Å². The molecule has 0 fully saturated rings. The zero-order valence-corrected chi connectivity index (χ0v) is 11.7. The fourth-order valence-corrected chi connectivity index (χ4v) is 2.01. The van der Waals surface area contributed by atoms with Gasteiger partial charge in [0.25, 0.3) is 0 Å². The molecular weight excluding hydrogens is 258 g/mol. The van der Waals surface area contributed by atoms with Gasteiger partial charge in [0.1, 0.15) is 12.4 Å². The number of hydrogen-bond acceptors (Lipinski definition) is 2. The topological polar surface area (TPSA) is 35.2 Å². The van der Waals surface area contributed by atoms with Crippen molar-refractivity contribution in [3.05, 3.63) is 64.7 Å². The lowest BCUT2D eigenvalue weighted by Gasteiger charge is -2.09. The summed E-state index contributed by atoms with van der Waals surface area (Å²) in [6, 6.07) is 15.9. The molecule has 0 aliphatic heterocycles. The van der Waals surface area contributed by atoms with Gasteiger partial charge < -0.3 is 10.5 Å². The van der Waals surface area contributed by atoms with Crippen LogP contribution in [0.1, 0.15) is 18.1 Å². The van der Waals surface area contributed by atoms with Gasteiger partial charge in [-0.15, -0.1) is 0 Å². The fraction of sp³-hybridized carbons (Fsp3) is 0.250. The van der Waals surface area contributed by atoms with Gasteiger partial charge >= 0.3 is 0 Å². The summed E-state index contributed by atoms with van der Waals surface area (Å²) in [5.41, 5.74) is 8.10. The van der Waals surface area contributed by atoms with E-state index < -0.39 is 0 Å². The molecule has 0 amide bonds. The highest BCUT2D eigenvalue weighted by Gasteiger charge is 2.01. The predicted octanol–water partition coefficient (Wildman–Crippen LogP) is 3.81. The van der Waals surface area contributed by atoms with Gasteiger partial charge in [-0.1, -0.05) is 35.9 Å². The van der Waals surface area contributed by atoms with Crippen LogP contribution in [0.2, 0.25) is 5.02 Å². The molecular formula is C16H18ClNO. The van der Waals surface area contributed by atoms with Crippen LogP contribution in [0.3, 0.4) is 0 Å². The van der Waals surface area contributed by atoms with Crippen LogP contribution in [-0.2, 0) is 13.0 Å². The first-order valence-electron chi connectivity index (χ1n) is 6.35. The summed E-state index contributed by atoms with van der Waals surface area (Å²) < 4.78 is 5.77. The Balaban J connectivity index is 1.97. The normalized spacial score (nSPS) is 12.2. The summed E-state index contributed by atoms with van der Waals surface area (Å²) in [7, 11) is 0. The average molecular weight is 276 g/mol. The monoisotopic (exact) mass is 275 g/mol. The average Bonchev–Trinajstić information content (AvgIpc) is 2.38. The predicted molar refractivity (Wildman–Crippen MR) is 79.6 cm³/mol. The molecule has 2 nitrogen and oxygen atoms in total. The minimum atomic E-state index is 0.159. The lowest BCUT2D eigenvalue weighted by Crippen LogP contribution is -2.17. The number of ether oxygens (including phenoxy) is 1. The van der Waals surface area contributed by atoms with Crippen LogP contribution in [-0.4, -0.2) is 6.04 Å². The smallest absolute Gasteiger partial charge is 0.120 e. The van der Waals surface area contributed by atoms with E-state index in [2.05, 4.69) is 6.07 Å². The molecule has 1 atom stereocenters. The molecule has 0 radical (unpaired) electrons. The minimum Gasteiger partial charge on any atom is -0.489 e. The lowest BCUT2D eigenvalue weighted by atomic mass is 10.1. The Kier molecular flexibility index (Phi) is 4.83. The Morgan fingerprint density at radius 3 is 2.53 bits per heavy atom. The third kappa shape index (κ3) is 4.58. The summed E-state index contributed by atoms with van der Waals surface area (Å²) >= 11 is 5.85. The molecule has 2 N–H and O–H groups in total. The summed E-state index contributed by atoms with van der Waals surface area (Å²) in [5.74, 6) is 0.869. The number of hydrogen-bond donors (Lipinski definition) is 1. The van der Waals surface area contributed by atoms with Crippen LogP contribution >= 0.6 is 11.6 Å². The van der Waals surface area contributed by atoms with Crippen molar-refractivity contribution in [1.82, 2.24) is 0 Å². The van der Waals surface area contributed by atoms with Crippen molar-refractivity contribution in [1.29, 1.82) is 0 Å². The van der Waals surface area contributed by atoms with E-state index >= 15 is 0 Å². The third-order valence-electron chi connectivity index (χ3n) is 2.77. The second-order valence-corrected chi connectivity index (χ2v) is 5.18. The third-order valence-corrected chi connectivity index (χ3v) is 3.03. The van der Waals surface area contributed by atoms with Crippen molar-refractivity contribution in [2.75, 3.05) is 0 Å². The molecule has 3 heteroatoms. The van der Waals surface area contributed by atoms with Crippen LogP contribution in [0.25, 0.3) is 0 Å². The molecule has 0 bridgehead atoms. The molecule has 2 aromatic carbocycles. The van der Waals surface area contributed by atoms with Crippen LogP contribution in [0.5, 0.6) is 5.75 Å². The quantitative estimate of drug-likeness (QED) is 0.901. The van der Waals surface area contributed by atoms with Crippen LogP contribution in [0.4, 0.5) is 0 Å². The van der Waals surface area contributed by atoms with Crippen molar-refractivity contribution in [2.24, 2.45) is 5.73 Å². The molecule has 0 saturated heterocycles. The summed E-state index contributed by atoms with van der Waals surface area (Å²) in [5, 5.41) is 0.739. The molecule has 0 saturated carbocycles. The molecule has 0 spiro atoms.